The van der Waals surface area contributed by atoms with Gasteiger partial charge >= 0.3 is 0 Å². The fraction of sp³-hybridized carbons (Fsp3) is 0.200. The van der Waals surface area contributed by atoms with Crippen molar-refractivity contribution in [1.82, 2.24) is 19.9 Å². The summed E-state index contributed by atoms with van der Waals surface area (Å²) in [5, 5.41) is 3.35. The van der Waals surface area contributed by atoms with E-state index >= 15 is 0 Å². The Morgan fingerprint density at radius 1 is 0.574 bits per heavy atom. The van der Waals surface area contributed by atoms with Crippen LogP contribution in [0, 0.1) is 41.5 Å². The maximum absolute atomic E-state index is 5.35. The lowest BCUT2D eigenvalue weighted by Crippen LogP contribution is -2.03. The average molecular weight is 688 g/mol. The van der Waals surface area contributed by atoms with Crippen molar-refractivity contribution in [2.24, 2.45) is 5.73 Å². The second-order valence-electron chi connectivity index (χ2n) is 11.6. The zero-order chi connectivity index (χ0) is 33.8. The highest BCUT2D eigenvalue weighted by Crippen LogP contribution is 2.28. The lowest BCUT2D eigenvalue weighted by Gasteiger charge is -2.12. The summed E-state index contributed by atoms with van der Waals surface area (Å²) >= 11 is 3.35. The van der Waals surface area contributed by atoms with Crippen LogP contribution in [0.15, 0.2) is 114 Å². The molecule has 0 spiro atoms. The molecule has 0 saturated carbocycles. The van der Waals surface area contributed by atoms with E-state index in [0.29, 0.717) is 6.54 Å². The topological polar surface area (TPSA) is 89.6 Å². The van der Waals surface area contributed by atoms with Crippen LogP contribution in [0.2, 0.25) is 0 Å². The Morgan fingerprint density at radius 2 is 1.02 bits per heavy atom. The molecule has 3 N–H and O–H groups in total. The lowest BCUT2D eigenvalue weighted by atomic mass is 9.98. The first-order valence-corrected chi connectivity index (χ1v) is 16.4. The van der Waals surface area contributed by atoms with Crippen LogP contribution >= 0.6 is 15.9 Å². The highest BCUT2D eigenvalue weighted by Gasteiger charge is 2.10. The maximum atomic E-state index is 5.35. The van der Waals surface area contributed by atoms with Crippen molar-refractivity contribution < 1.29 is 0 Å². The Balaban J connectivity index is 0.000000180. The van der Waals surface area contributed by atoms with E-state index in [9.17, 15) is 0 Å². The summed E-state index contributed by atoms with van der Waals surface area (Å²) in [7, 11) is 0. The van der Waals surface area contributed by atoms with E-state index in [1.807, 2.05) is 54.7 Å². The highest BCUT2D eigenvalue weighted by molar-refractivity contribution is 9.10. The molecule has 6 rings (SSSR count). The fourth-order valence-corrected chi connectivity index (χ4v) is 5.91. The van der Waals surface area contributed by atoms with E-state index < -0.39 is 0 Å². The SMILES string of the molecule is Cc1cc(C)c(-c2cncc(Br)n2)c(C)c1.Cc1cc(C)c(-c2cncc(NCc3ccccc3)n2)c(C)c1.NCc1ccccc1. The quantitative estimate of drug-likeness (QED) is 0.181. The van der Waals surface area contributed by atoms with Crippen LogP contribution < -0.4 is 11.1 Å². The van der Waals surface area contributed by atoms with Gasteiger partial charge in [0.15, 0.2) is 0 Å². The fourth-order valence-electron chi connectivity index (χ4n) is 5.60. The number of nitrogens with zero attached hydrogens (tertiary/aromatic N) is 4. The van der Waals surface area contributed by atoms with E-state index in [2.05, 4.69) is 114 Å². The number of rotatable bonds is 6. The van der Waals surface area contributed by atoms with Crippen LogP contribution in [-0.2, 0) is 13.1 Å². The summed E-state index contributed by atoms with van der Waals surface area (Å²) in [5.74, 6) is 0.797. The lowest BCUT2D eigenvalue weighted by molar-refractivity contribution is 1.07. The molecule has 0 aliphatic carbocycles. The molecule has 6 aromatic rings. The van der Waals surface area contributed by atoms with Gasteiger partial charge in [0.2, 0.25) is 0 Å². The summed E-state index contributed by atoms with van der Waals surface area (Å²) in [6.45, 7) is 14.1. The first-order valence-electron chi connectivity index (χ1n) is 15.6. The molecule has 47 heavy (non-hydrogen) atoms. The minimum atomic E-state index is 0.640. The molecular weight excluding hydrogens is 644 g/mol. The maximum Gasteiger partial charge on any atom is 0.145 e. The van der Waals surface area contributed by atoms with Gasteiger partial charge in [0.05, 0.1) is 36.2 Å². The summed E-state index contributed by atoms with van der Waals surface area (Å²) in [5.41, 5.74) is 19.5. The first-order chi connectivity index (χ1) is 22.6. The molecule has 0 bridgehead atoms. The predicted octanol–water partition coefficient (Wildman–Crippen LogP) is 9.66. The van der Waals surface area contributed by atoms with Gasteiger partial charge in [-0.2, -0.15) is 0 Å². The first kappa shape index (κ1) is 35.1. The van der Waals surface area contributed by atoms with Crippen molar-refractivity contribution in [1.29, 1.82) is 0 Å². The number of anilines is 1. The summed E-state index contributed by atoms with van der Waals surface area (Å²) < 4.78 is 0.768. The highest BCUT2D eigenvalue weighted by atomic mass is 79.9. The zero-order valence-electron chi connectivity index (χ0n) is 28.1. The van der Waals surface area contributed by atoms with Gasteiger partial charge in [-0.25, -0.2) is 9.97 Å². The second-order valence-corrected chi connectivity index (χ2v) is 12.4. The molecule has 6 nitrogen and oxygen atoms in total. The number of nitrogens with two attached hydrogens (primary N) is 1. The molecule has 0 radical (unpaired) electrons. The van der Waals surface area contributed by atoms with Crippen molar-refractivity contribution in [2.75, 3.05) is 5.32 Å². The van der Waals surface area contributed by atoms with Gasteiger partial charge < -0.3 is 11.1 Å². The smallest absolute Gasteiger partial charge is 0.145 e. The number of nitrogens with one attached hydrogen (secondary N) is 1. The number of hydrogen-bond donors (Lipinski definition) is 2. The standard InChI is InChI=1S/C20H21N3.C13H13BrN2.C7H9N/c1-14-9-15(2)20(16(3)10-14)18-12-21-13-19(23-18)22-11-17-7-5-4-6-8-17;1-8-4-9(2)13(10(3)5-8)11-6-15-7-12(14)16-11;8-6-7-4-2-1-3-5-7/h4-10,12-13H,11H2,1-3H3,(H,22,23);4-7H,1-3H3;1-5H,6,8H2. The molecule has 0 aliphatic heterocycles. The molecule has 0 fully saturated rings. The van der Waals surface area contributed by atoms with E-state index in [4.69, 9.17) is 10.7 Å². The number of benzene rings is 4. The normalized spacial score (nSPS) is 10.3. The van der Waals surface area contributed by atoms with Crippen LogP contribution in [0.5, 0.6) is 0 Å². The average Bonchev–Trinajstić information content (AvgIpc) is 3.05. The molecule has 2 heterocycles. The third-order valence-electron chi connectivity index (χ3n) is 7.50. The largest absolute Gasteiger partial charge is 0.365 e. The van der Waals surface area contributed by atoms with Crippen molar-refractivity contribution in [3.63, 3.8) is 0 Å². The van der Waals surface area contributed by atoms with Gasteiger partial charge in [-0.1, -0.05) is 96.1 Å². The molecule has 0 saturated heterocycles. The summed E-state index contributed by atoms with van der Waals surface area (Å²) in [6, 6.07) is 29.0. The van der Waals surface area contributed by atoms with Crippen LogP contribution in [0.25, 0.3) is 22.5 Å². The number of aryl methyl sites for hydroxylation is 6. The van der Waals surface area contributed by atoms with E-state index in [1.54, 1.807) is 18.6 Å². The third-order valence-corrected chi connectivity index (χ3v) is 7.88. The molecule has 0 atom stereocenters. The Hall–Kier alpha value is -4.72. The van der Waals surface area contributed by atoms with Crippen LogP contribution in [0.1, 0.15) is 44.5 Å². The molecular formula is C40H43BrN6. The number of halogens is 1. The van der Waals surface area contributed by atoms with Gasteiger partial charge in [0, 0.05) is 24.2 Å². The monoisotopic (exact) mass is 686 g/mol. The van der Waals surface area contributed by atoms with Crippen LogP contribution in [0.4, 0.5) is 5.82 Å². The van der Waals surface area contributed by atoms with Crippen molar-refractivity contribution in [3.8, 4) is 22.5 Å². The number of hydrogen-bond acceptors (Lipinski definition) is 6. The molecule has 0 aliphatic rings. The molecule has 4 aromatic carbocycles. The minimum absolute atomic E-state index is 0.640. The van der Waals surface area contributed by atoms with Gasteiger partial charge in [-0.3, -0.25) is 9.97 Å². The van der Waals surface area contributed by atoms with Crippen molar-refractivity contribution >= 4 is 21.7 Å². The summed E-state index contributed by atoms with van der Waals surface area (Å²) in [6.07, 6.45) is 7.10. The van der Waals surface area contributed by atoms with E-state index in [1.165, 1.54) is 55.6 Å². The molecule has 7 heteroatoms. The Labute approximate surface area is 287 Å². The van der Waals surface area contributed by atoms with Gasteiger partial charge in [0.25, 0.3) is 0 Å². The minimum Gasteiger partial charge on any atom is -0.365 e. The van der Waals surface area contributed by atoms with Gasteiger partial charge in [-0.15, -0.1) is 0 Å². The Bertz CT molecular complexity index is 1850. The third kappa shape index (κ3) is 10.4. The zero-order valence-corrected chi connectivity index (χ0v) is 29.6. The van der Waals surface area contributed by atoms with Crippen LogP contribution in [0.3, 0.4) is 0 Å². The summed E-state index contributed by atoms with van der Waals surface area (Å²) in [4.78, 5) is 17.7. The molecule has 2 aromatic heterocycles. The molecule has 240 valence electrons. The van der Waals surface area contributed by atoms with Gasteiger partial charge in [-0.05, 0) is 90.9 Å². The van der Waals surface area contributed by atoms with Crippen LogP contribution in [-0.4, -0.2) is 19.9 Å². The molecule has 0 unspecified atom stereocenters. The molecule has 0 amide bonds. The van der Waals surface area contributed by atoms with Gasteiger partial charge in [0.1, 0.15) is 10.4 Å². The Kier molecular flexibility index (Phi) is 12.9. The second kappa shape index (κ2) is 17.3. The van der Waals surface area contributed by atoms with E-state index in [-0.39, 0.29) is 0 Å². The van der Waals surface area contributed by atoms with E-state index in [0.717, 1.165) is 28.4 Å². The van der Waals surface area contributed by atoms with Crippen molar-refractivity contribution in [2.45, 2.75) is 54.6 Å². The number of aromatic nitrogens is 4. The predicted molar refractivity (Wildman–Crippen MR) is 199 cm³/mol. The van der Waals surface area contributed by atoms with Crippen molar-refractivity contribution in [3.05, 3.63) is 159 Å². The Morgan fingerprint density at radius 3 is 1.47 bits per heavy atom.